The van der Waals surface area contributed by atoms with E-state index < -0.39 is 11.6 Å². The van der Waals surface area contributed by atoms with Crippen LogP contribution in [0.1, 0.15) is 35.3 Å². The van der Waals surface area contributed by atoms with Crippen molar-refractivity contribution in [2.24, 2.45) is 5.92 Å². The largest absolute Gasteiger partial charge is 0.294 e. The first-order valence-corrected chi connectivity index (χ1v) is 7.02. The lowest BCUT2D eigenvalue weighted by Gasteiger charge is -2.08. The van der Waals surface area contributed by atoms with E-state index in [1.54, 1.807) is 6.07 Å². The molecule has 0 aromatic heterocycles. The number of hydrogen-bond acceptors (Lipinski definition) is 1. The van der Waals surface area contributed by atoms with Gasteiger partial charge in [-0.25, -0.2) is 8.78 Å². The molecule has 0 N–H and O–H groups in total. The fourth-order valence-electron chi connectivity index (χ4n) is 2.28. The van der Waals surface area contributed by atoms with Crippen LogP contribution in [0, 0.1) is 17.6 Å². The van der Waals surface area contributed by atoms with Crippen molar-refractivity contribution in [3.05, 3.63) is 70.8 Å². The van der Waals surface area contributed by atoms with Gasteiger partial charge in [-0.3, -0.25) is 4.79 Å². The van der Waals surface area contributed by atoms with Crippen LogP contribution in [0.3, 0.4) is 0 Å². The number of carbonyl (C=O) groups excluding carboxylic acids is 1. The SMILES string of the molecule is CC(C)Cc1cccc(C(=O)Cc2ccc(F)cc2F)c1. The summed E-state index contributed by atoms with van der Waals surface area (Å²) in [7, 11) is 0. The van der Waals surface area contributed by atoms with Gasteiger partial charge in [0.2, 0.25) is 0 Å². The smallest absolute Gasteiger partial charge is 0.167 e. The first kappa shape index (κ1) is 15.4. The lowest BCUT2D eigenvalue weighted by molar-refractivity contribution is 0.0991. The minimum atomic E-state index is -0.679. The molecule has 2 aromatic rings. The van der Waals surface area contributed by atoms with Crippen LogP contribution in [-0.4, -0.2) is 5.78 Å². The molecule has 3 heteroatoms. The van der Waals surface area contributed by atoms with E-state index in [1.807, 2.05) is 18.2 Å². The zero-order valence-electron chi connectivity index (χ0n) is 12.2. The van der Waals surface area contributed by atoms with Gasteiger partial charge in [-0.05, 0) is 35.6 Å². The van der Waals surface area contributed by atoms with Crippen molar-refractivity contribution in [1.82, 2.24) is 0 Å². The highest BCUT2D eigenvalue weighted by Crippen LogP contribution is 2.15. The molecule has 0 unspecified atom stereocenters. The number of ketones is 1. The minimum absolute atomic E-state index is 0.0583. The summed E-state index contributed by atoms with van der Waals surface area (Å²) >= 11 is 0. The van der Waals surface area contributed by atoms with Crippen LogP contribution in [0.2, 0.25) is 0 Å². The topological polar surface area (TPSA) is 17.1 Å². The number of halogens is 2. The van der Waals surface area contributed by atoms with Crippen LogP contribution in [0.15, 0.2) is 42.5 Å². The predicted molar refractivity (Wildman–Crippen MR) is 79.4 cm³/mol. The minimum Gasteiger partial charge on any atom is -0.294 e. The molecule has 0 atom stereocenters. The highest BCUT2D eigenvalue weighted by Gasteiger charge is 2.12. The van der Waals surface area contributed by atoms with Crippen LogP contribution in [0.25, 0.3) is 0 Å². The van der Waals surface area contributed by atoms with Crippen LogP contribution >= 0.6 is 0 Å². The average Bonchev–Trinajstić information content (AvgIpc) is 2.41. The number of hydrogen-bond donors (Lipinski definition) is 0. The van der Waals surface area contributed by atoms with E-state index in [-0.39, 0.29) is 17.8 Å². The third kappa shape index (κ3) is 4.22. The summed E-state index contributed by atoms with van der Waals surface area (Å²) in [5.74, 6) is -0.972. The fourth-order valence-corrected chi connectivity index (χ4v) is 2.28. The Labute approximate surface area is 123 Å². The van der Waals surface area contributed by atoms with Crippen LogP contribution in [-0.2, 0) is 12.8 Å². The molecule has 0 saturated carbocycles. The molecule has 2 aromatic carbocycles. The Hall–Kier alpha value is -2.03. The molecule has 0 aliphatic carbocycles. The van der Waals surface area contributed by atoms with Crippen molar-refractivity contribution in [3.8, 4) is 0 Å². The zero-order valence-corrected chi connectivity index (χ0v) is 12.2. The standard InChI is InChI=1S/C18H18F2O/c1-12(2)8-13-4-3-5-15(9-13)18(21)10-14-6-7-16(19)11-17(14)20/h3-7,9,11-12H,8,10H2,1-2H3. The second-order valence-electron chi connectivity index (χ2n) is 5.63. The molecule has 0 aliphatic rings. The lowest BCUT2D eigenvalue weighted by atomic mass is 9.97. The third-order valence-corrected chi connectivity index (χ3v) is 3.26. The lowest BCUT2D eigenvalue weighted by Crippen LogP contribution is -2.06. The summed E-state index contributed by atoms with van der Waals surface area (Å²) in [6.07, 6.45) is 0.837. The first-order chi connectivity index (χ1) is 9.95. The van der Waals surface area contributed by atoms with Gasteiger partial charge in [0.1, 0.15) is 11.6 Å². The van der Waals surface area contributed by atoms with E-state index >= 15 is 0 Å². The highest BCUT2D eigenvalue weighted by atomic mass is 19.1. The van der Waals surface area contributed by atoms with Gasteiger partial charge >= 0.3 is 0 Å². The van der Waals surface area contributed by atoms with Crippen LogP contribution < -0.4 is 0 Å². The van der Waals surface area contributed by atoms with E-state index in [0.29, 0.717) is 11.5 Å². The summed E-state index contributed by atoms with van der Waals surface area (Å²) in [6, 6.07) is 10.7. The van der Waals surface area contributed by atoms with Gasteiger partial charge in [-0.1, -0.05) is 38.1 Å². The van der Waals surface area contributed by atoms with E-state index in [0.717, 1.165) is 18.1 Å². The van der Waals surface area contributed by atoms with E-state index in [4.69, 9.17) is 0 Å². The van der Waals surface area contributed by atoms with Crippen molar-refractivity contribution in [3.63, 3.8) is 0 Å². The monoisotopic (exact) mass is 288 g/mol. The Morgan fingerprint density at radius 1 is 1.10 bits per heavy atom. The molecule has 0 heterocycles. The Balaban J connectivity index is 2.16. The highest BCUT2D eigenvalue weighted by molar-refractivity contribution is 5.97. The zero-order chi connectivity index (χ0) is 15.4. The van der Waals surface area contributed by atoms with Crippen molar-refractivity contribution in [2.45, 2.75) is 26.7 Å². The van der Waals surface area contributed by atoms with Gasteiger partial charge in [-0.2, -0.15) is 0 Å². The number of Topliss-reactive ketones (excluding diaryl/α,β-unsaturated/α-hetero) is 1. The molecule has 0 fully saturated rings. The van der Waals surface area contributed by atoms with Crippen molar-refractivity contribution in [1.29, 1.82) is 0 Å². The average molecular weight is 288 g/mol. The van der Waals surface area contributed by atoms with Crippen molar-refractivity contribution >= 4 is 5.78 Å². The molecule has 1 nitrogen and oxygen atoms in total. The fraction of sp³-hybridized carbons (Fsp3) is 0.278. The van der Waals surface area contributed by atoms with E-state index in [2.05, 4.69) is 13.8 Å². The molecule has 21 heavy (non-hydrogen) atoms. The summed E-state index contributed by atoms with van der Waals surface area (Å²) in [4.78, 5) is 12.2. The molecule has 0 bridgehead atoms. The molecule has 0 aliphatic heterocycles. The predicted octanol–water partition coefficient (Wildman–Crippen LogP) is 4.59. The molecule has 0 spiro atoms. The molecule has 2 rings (SSSR count). The van der Waals surface area contributed by atoms with Crippen LogP contribution in [0.4, 0.5) is 8.78 Å². The summed E-state index contributed by atoms with van der Waals surface area (Å²) in [6.45, 7) is 4.23. The quantitative estimate of drug-likeness (QED) is 0.735. The van der Waals surface area contributed by atoms with E-state index in [9.17, 15) is 13.6 Å². The van der Waals surface area contributed by atoms with Gasteiger partial charge in [0.05, 0.1) is 0 Å². The summed E-state index contributed by atoms with van der Waals surface area (Å²) < 4.78 is 26.4. The Morgan fingerprint density at radius 3 is 2.52 bits per heavy atom. The van der Waals surface area contributed by atoms with Crippen LogP contribution in [0.5, 0.6) is 0 Å². The summed E-state index contributed by atoms with van der Waals surface area (Å²) in [5.41, 5.74) is 1.88. The van der Waals surface area contributed by atoms with Gasteiger partial charge in [0.15, 0.2) is 5.78 Å². The Morgan fingerprint density at radius 2 is 1.86 bits per heavy atom. The maximum absolute atomic E-state index is 13.6. The second-order valence-corrected chi connectivity index (χ2v) is 5.63. The normalized spacial score (nSPS) is 10.9. The maximum Gasteiger partial charge on any atom is 0.167 e. The Bertz CT molecular complexity index is 647. The van der Waals surface area contributed by atoms with Crippen molar-refractivity contribution < 1.29 is 13.6 Å². The number of rotatable bonds is 5. The Kier molecular flexibility index (Phi) is 4.84. The van der Waals surface area contributed by atoms with Crippen molar-refractivity contribution in [2.75, 3.05) is 0 Å². The number of carbonyl (C=O) groups is 1. The van der Waals surface area contributed by atoms with Gasteiger partial charge in [0, 0.05) is 18.1 Å². The van der Waals surface area contributed by atoms with Gasteiger partial charge < -0.3 is 0 Å². The molecule has 0 saturated heterocycles. The van der Waals surface area contributed by atoms with E-state index in [1.165, 1.54) is 12.1 Å². The molecule has 0 amide bonds. The third-order valence-electron chi connectivity index (χ3n) is 3.26. The number of benzene rings is 2. The first-order valence-electron chi connectivity index (χ1n) is 7.02. The molecule has 0 radical (unpaired) electrons. The second kappa shape index (κ2) is 6.61. The maximum atomic E-state index is 13.6. The molecular weight excluding hydrogens is 270 g/mol. The van der Waals surface area contributed by atoms with Gasteiger partial charge in [0.25, 0.3) is 0 Å². The summed E-state index contributed by atoms with van der Waals surface area (Å²) in [5, 5.41) is 0. The molecular formula is C18H18F2O. The van der Waals surface area contributed by atoms with Gasteiger partial charge in [-0.15, -0.1) is 0 Å². The molecule has 110 valence electrons.